The van der Waals surface area contributed by atoms with Gasteiger partial charge < -0.3 is 4.42 Å². The Bertz CT molecular complexity index is 1510. The number of aromatic nitrogens is 1. The van der Waals surface area contributed by atoms with Gasteiger partial charge in [0.05, 0.1) is 8.44 Å². The fourth-order valence-electron chi connectivity index (χ4n) is 3.65. The summed E-state index contributed by atoms with van der Waals surface area (Å²) in [5.74, 6) is 0. The zero-order valence-electron chi connectivity index (χ0n) is 20.1. The van der Waals surface area contributed by atoms with Gasteiger partial charge in [0.1, 0.15) is 11.2 Å². The third-order valence-electron chi connectivity index (χ3n) is 4.80. The fraction of sp³-hybridized carbons (Fsp3) is 0.192. The van der Waals surface area contributed by atoms with Gasteiger partial charge in [-0.25, -0.2) is 0 Å². The Morgan fingerprint density at radius 2 is 1.75 bits per heavy atom. The lowest BCUT2D eigenvalue weighted by Gasteiger charge is -2.18. The minimum absolute atomic E-state index is 0.166. The topological polar surface area (TPSA) is 26.0 Å². The van der Waals surface area contributed by atoms with Gasteiger partial charge in [-0.15, -0.1) is 0 Å². The van der Waals surface area contributed by atoms with Crippen molar-refractivity contribution in [1.82, 2.24) is 4.98 Å². The Morgan fingerprint density at radius 3 is 2.54 bits per heavy atom. The first kappa shape index (κ1) is 13.1. The maximum Gasteiger partial charge on any atom is 0.144 e. The van der Waals surface area contributed by atoms with Gasteiger partial charge in [0.25, 0.3) is 0 Å². The van der Waals surface area contributed by atoms with Crippen molar-refractivity contribution in [2.24, 2.45) is 5.41 Å². The number of rotatable bonds is 2. The van der Waals surface area contributed by atoms with E-state index >= 15 is 0 Å². The second-order valence-electron chi connectivity index (χ2n) is 8.15. The molecule has 5 aromatic rings. The summed E-state index contributed by atoms with van der Waals surface area (Å²) in [7, 11) is 0. The number of hydrogen-bond acceptors (Lipinski definition) is 2. The molecule has 0 spiro atoms. The Morgan fingerprint density at radius 1 is 0.964 bits per heavy atom. The van der Waals surface area contributed by atoms with Gasteiger partial charge in [-0.3, -0.25) is 4.98 Å². The van der Waals surface area contributed by atoms with Gasteiger partial charge in [0.2, 0.25) is 0 Å². The molecule has 0 aliphatic rings. The van der Waals surface area contributed by atoms with Crippen LogP contribution in [0.15, 0.2) is 77.3 Å². The van der Waals surface area contributed by atoms with Crippen molar-refractivity contribution in [2.45, 2.75) is 27.1 Å². The lowest BCUT2D eigenvalue weighted by atomic mass is 9.88. The average molecular weight is 370 g/mol. The Labute approximate surface area is 170 Å². The van der Waals surface area contributed by atoms with Crippen molar-refractivity contribution in [3.05, 3.63) is 78.4 Å². The SMILES string of the molecule is [2H]c1nc(-c2cccc3c2oc2cc4ccccc4cc23)cc(C([2H])([2H])C(C)(C)C)c1[2H]. The first-order chi connectivity index (χ1) is 15.1. The van der Waals surface area contributed by atoms with Gasteiger partial charge in [-0.1, -0.05) is 57.2 Å². The lowest BCUT2D eigenvalue weighted by Crippen LogP contribution is -2.09. The summed E-state index contributed by atoms with van der Waals surface area (Å²) in [4.78, 5) is 4.33. The van der Waals surface area contributed by atoms with Gasteiger partial charge in [-0.05, 0) is 58.4 Å². The second kappa shape index (κ2) is 6.20. The van der Waals surface area contributed by atoms with E-state index in [-0.39, 0.29) is 17.8 Å². The molecule has 2 aromatic heterocycles. The van der Waals surface area contributed by atoms with Crippen LogP contribution in [-0.4, -0.2) is 4.98 Å². The van der Waals surface area contributed by atoms with Crippen LogP contribution in [0.3, 0.4) is 0 Å². The van der Waals surface area contributed by atoms with E-state index in [4.69, 9.17) is 9.90 Å². The predicted molar refractivity (Wildman–Crippen MR) is 118 cm³/mol. The smallest absolute Gasteiger partial charge is 0.144 e. The molecule has 0 unspecified atom stereocenters. The molecule has 0 aliphatic heterocycles. The molecule has 0 amide bonds. The van der Waals surface area contributed by atoms with E-state index in [0.29, 0.717) is 16.8 Å². The van der Waals surface area contributed by atoms with Crippen LogP contribution < -0.4 is 0 Å². The molecule has 0 saturated carbocycles. The van der Waals surface area contributed by atoms with Crippen molar-refractivity contribution >= 4 is 32.7 Å². The number of fused-ring (bicyclic) bond motifs is 4. The number of nitrogens with zero attached hydrogens (tertiary/aromatic N) is 1. The van der Waals surface area contributed by atoms with Gasteiger partial charge in [0.15, 0.2) is 0 Å². The number of hydrogen-bond donors (Lipinski definition) is 0. The quantitative estimate of drug-likeness (QED) is 0.324. The molecule has 0 N–H and O–H groups in total. The summed E-state index contributed by atoms with van der Waals surface area (Å²) in [6.45, 7) is 5.38. The standard InChI is InChI=1S/C26H23NO/c1-26(2,3)16-17-11-12-27-23(13-17)21-10-6-9-20-22-14-18-7-4-5-8-19(18)15-24(22)28-25(20)21/h4-15H,16H2,1-3H3/i11D,12D,16D2. The van der Waals surface area contributed by atoms with E-state index in [1.165, 1.54) is 0 Å². The maximum atomic E-state index is 8.66. The fourth-order valence-corrected chi connectivity index (χ4v) is 3.65. The summed E-state index contributed by atoms with van der Waals surface area (Å²) >= 11 is 0. The zero-order valence-corrected chi connectivity index (χ0v) is 16.1. The van der Waals surface area contributed by atoms with Crippen LogP contribution in [0, 0.1) is 5.41 Å². The summed E-state index contributed by atoms with van der Waals surface area (Å²) in [5.41, 5.74) is 1.94. The molecule has 0 aliphatic carbocycles. The van der Waals surface area contributed by atoms with E-state index in [1.54, 1.807) is 26.8 Å². The summed E-state index contributed by atoms with van der Waals surface area (Å²) in [5, 5.41) is 4.14. The first-order valence-electron chi connectivity index (χ1n) is 11.4. The molecule has 138 valence electrons. The normalized spacial score (nSPS) is 14.8. The van der Waals surface area contributed by atoms with E-state index in [0.717, 1.165) is 27.1 Å². The summed E-state index contributed by atoms with van der Waals surface area (Å²) in [6, 6.07) is 19.4. The average Bonchev–Trinajstić information content (AvgIpc) is 3.10. The number of furan rings is 1. The molecule has 0 radical (unpaired) electrons. The highest BCUT2D eigenvalue weighted by Crippen LogP contribution is 2.37. The molecule has 0 saturated heterocycles. The maximum absolute atomic E-state index is 8.66. The molecule has 28 heavy (non-hydrogen) atoms. The second-order valence-corrected chi connectivity index (χ2v) is 8.15. The Kier molecular flexibility index (Phi) is 2.90. The third kappa shape index (κ3) is 2.95. The first-order valence-corrected chi connectivity index (χ1v) is 9.41. The number of para-hydroxylation sites is 1. The zero-order chi connectivity index (χ0) is 22.8. The van der Waals surface area contributed by atoms with E-state index in [2.05, 4.69) is 17.1 Å². The van der Waals surface area contributed by atoms with Crippen LogP contribution >= 0.6 is 0 Å². The van der Waals surface area contributed by atoms with Gasteiger partial charge in [-0.2, -0.15) is 0 Å². The van der Waals surface area contributed by atoms with E-state index in [1.807, 2.05) is 42.5 Å². The highest BCUT2D eigenvalue weighted by atomic mass is 16.3. The van der Waals surface area contributed by atoms with Crippen LogP contribution in [0.1, 0.15) is 31.8 Å². The molecule has 3 aromatic carbocycles. The van der Waals surface area contributed by atoms with Crippen molar-refractivity contribution in [1.29, 1.82) is 0 Å². The minimum atomic E-state index is -1.81. The van der Waals surface area contributed by atoms with Crippen molar-refractivity contribution in [3.63, 3.8) is 0 Å². The molecule has 2 heteroatoms. The number of benzene rings is 3. The van der Waals surface area contributed by atoms with Crippen LogP contribution in [0.5, 0.6) is 0 Å². The monoisotopic (exact) mass is 369 g/mol. The van der Waals surface area contributed by atoms with E-state index in [9.17, 15) is 0 Å². The Hall–Kier alpha value is -3.13. The predicted octanol–water partition coefficient (Wildman–Crippen LogP) is 7.39. The number of pyridine rings is 1. The Balaban J connectivity index is 1.79. The summed E-state index contributed by atoms with van der Waals surface area (Å²) < 4.78 is 40.2. The molecule has 5 rings (SSSR count). The molecule has 0 fully saturated rings. The highest BCUT2D eigenvalue weighted by Gasteiger charge is 2.16. The van der Waals surface area contributed by atoms with Gasteiger partial charge >= 0.3 is 0 Å². The van der Waals surface area contributed by atoms with Crippen molar-refractivity contribution in [2.75, 3.05) is 0 Å². The van der Waals surface area contributed by atoms with Crippen molar-refractivity contribution < 1.29 is 9.90 Å². The van der Waals surface area contributed by atoms with Crippen LogP contribution in [0.2, 0.25) is 0 Å². The molecule has 2 nitrogen and oxygen atoms in total. The molecule has 0 atom stereocenters. The molecular weight excluding hydrogens is 342 g/mol. The van der Waals surface area contributed by atoms with Gasteiger partial charge in [0, 0.05) is 25.3 Å². The van der Waals surface area contributed by atoms with Crippen molar-refractivity contribution in [3.8, 4) is 11.3 Å². The minimum Gasteiger partial charge on any atom is -0.455 e. The molecule has 0 bridgehead atoms. The largest absolute Gasteiger partial charge is 0.455 e. The van der Waals surface area contributed by atoms with E-state index < -0.39 is 11.8 Å². The molecular formula is C26H23NO. The molecule has 2 heterocycles. The van der Waals surface area contributed by atoms with Crippen LogP contribution in [0.25, 0.3) is 44.0 Å². The summed E-state index contributed by atoms with van der Waals surface area (Å²) in [6.07, 6.45) is -2.05. The third-order valence-corrected chi connectivity index (χ3v) is 4.80. The van der Waals surface area contributed by atoms with Crippen LogP contribution in [-0.2, 0) is 6.37 Å². The lowest BCUT2D eigenvalue weighted by molar-refractivity contribution is 0.411. The highest BCUT2D eigenvalue weighted by molar-refractivity contribution is 6.13. The van der Waals surface area contributed by atoms with Crippen LogP contribution in [0.4, 0.5) is 0 Å².